The average Bonchev–Trinajstić information content (AvgIpc) is 2.76. The summed E-state index contributed by atoms with van der Waals surface area (Å²) in [5.41, 5.74) is 3.09. The Morgan fingerprint density at radius 3 is 2.00 bits per heavy atom. The normalized spacial score (nSPS) is 13.4. The van der Waals surface area contributed by atoms with Gasteiger partial charge in [0.25, 0.3) is 0 Å². The molecule has 0 fully saturated rings. The zero-order chi connectivity index (χ0) is 23.3. The van der Waals surface area contributed by atoms with Crippen LogP contribution in [0.4, 0.5) is 0 Å². The minimum Gasteiger partial charge on any atom is -0.481 e. The highest BCUT2D eigenvalue weighted by atomic mass is 16.4. The molecule has 2 aromatic carbocycles. The molecule has 0 aliphatic heterocycles. The van der Waals surface area contributed by atoms with Gasteiger partial charge in [0.15, 0.2) is 0 Å². The van der Waals surface area contributed by atoms with Crippen LogP contribution < -0.4 is 0 Å². The van der Waals surface area contributed by atoms with Crippen molar-refractivity contribution in [1.82, 2.24) is 0 Å². The van der Waals surface area contributed by atoms with Crippen molar-refractivity contribution in [1.29, 1.82) is 0 Å². The summed E-state index contributed by atoms with van der Waals surface area (Å²) in [6.45, 7) is 7.76. The summed E-state index contributed by atoms with van der Waals surface area (Å²) in [5, 5.41) is 18.0. The van der Waals surface area contributed by atoms with Crippen LogP contribution in [0.5, 0.6) is 0 Å². The van der Waals surface area contributed by atoms with Crippen molar-refractivity contribution < 1.29 is 19.8 Å². The number of carbonyl (C=O) groups is 2. The first-order valence-corrected chi connectivity index (χ1v) is 11.2. The van der Waals surface area contributed by atoms with Crippen molar-refractivity contribution in [2.45, 2.75) is 72.6 Å². The lowest BCUT2D eigenvalue weighted by Crippen LogP contribution is -2.28. The molecule has 0 bridgehead atoms. The number of hydrogen-bond acceptors (Lipinski definition) is 2. The highest BCUT2D eigenvalue weighted by Gasteiger charge is 2.31. The molecule has 0 aliphatic carbocycles. The summed E-state index contributed by atoms with van der Waals surface area (Å²) in [6.07, 6.45) is 5.91. The predicted octanol–water partition coefficient (Wildman–Crippen LogP) is 6.55. The van der Waals surface area contributed by atoms with Crippen LogP contribution in [0.25, 0.3) is 0 Å². The Hall–Kier alpha value is -2.62. The van der Waals surface area contributed by atoms with Gasteiger partial charge in [0.05, 0.1) is 11.3 Å². The van der Waals surface area contributed by atoms with Crippen LogP contribution in [0.1, 0.15) is 69.6 Å². The Labute approximate surface area is 187 Å². The number of rotatable bonds is 11. The highest BCUT2D eigenvalue weighted by Crippen LogP contribution is 2.30. The first-order chi connectivity index (χ1) is 14.7. The Bertz CT molecular complexity index is 783. The van der Waals surface area contributed by atoms with Crippen molar-refractivity contribution in [3.05, 3.63) is 71.3 Å². The van der Waals surface area contributed by atoms with Gasteiger partial charge in [0.2, 0.25) is 0 Å². The van der Waals surface area contributed by atoms with Crippen LogP contribution in [-0.4, -0.2) is 22.2 Å². The van der Waals surface area contributed by atoms with E-state index in [-0.39, 0.29) is 5.92 Å². The summed E-state index contributed by atoms with van der Waals surface area (Å²) >= 11 is 0. The first-order valence-electron chi connectivity index (χ1n) is 11.2. The second kappa shape index (κ2) is 13.6. The molecule has 170 valence electrons. The quantitative estimate of drug-likeness (QED) is 0.427. The summed E-state index contributed by atoms with van der Waals surface area (Å²) in [7, 11) is 0. The van der Waals surface area contributed by atoms with Gasteiger partial charge >= 0.3 is 11.9 Å². The van der Waals surface area contributed by atoms with E-state index >= 15 is 0 Å². The molecule has 0 saturated carbocycles. The van der Waals surface area contributed by atoms with Gasteiger partial charge in [-0.2, -0.15) is 0 Å². The van der Waals surface area contributed by atoms with Crippen molar-refractivity contribution >= 4 is 11.9 Å². The summed E-state index contributed by atoms with van der Waals surface area (Å²) in [6, 6.07) is 18.3. The van der Waals surface area contributed by atoms with Crippen molar-refractivity contribution in [3.63, 3.8) is 0 Å². The van der Waals surface area contributed by atoms with E-state index in [1.807, 2.05) is 32.0 Å². The van der Waals surface area contributed by atoms with Gasteiger partial charge in [-0.1, -0.05) is 86.8 Å². The van der Waals surface area contributed by atoms with Crippen LogP contribution in [0.15, 0.2) is 54.6 Å². The number of unbranched alkanes of at least 4 members (excludes halogenated alkanes) is 1. The first kappa shape index (κ1) is 26.4. The van der Waals surface area contributed by atoms with Crippen LogP contribution in [0.3, 0.4) is 0 Å². The lowest BCUT2D eigenvalue weighted by atomic mass is 9.80. The van der Waals surface area contributed by atoms with Crippen LogP contribution >= 0.6 is 0 Å². The highest BCUT2D eigenvalue weighted by molar-refractivity contribution is 5.74. The molecule has 31 heavy (non-hydrogen) atoms. The fraction of sp³-hybridized carbons (Fsp3) is 0.481. The van der Waals surface area contributed by atoms with E-state index in [1.54, 1.807) is 6.92 Å². The molecule has 0 saturated heterocycles. The van der Waals surface area contributed by atoms with Gasteiger partial charge in [-0.25, -0.2) is 0 Å². The van der Waals surface area contributed by atoms with E-state index in [0.717, 1.165) is 32.1 Å². The van der Waals surface area contributed by atoms with Gasteiger partial charge < -0.3 is 10.2 Å². The zero-order valence-corrected chi connectivity index (χ0v) is 19.4. The second-order valence-corrected chi connectivity index (χ2v) is 8.72. The van der Waals surface area contributed by atoms with Crippen molar-refractivity contribution in [3.8, 4) is 0 Å². The molecule has 0 amide bonds. The molecule has 4 heteroatoms. The van der Waals surface area contributed by atoms with Gasteiger partial charge in [-0.3, -0.25) is 9.59 Å². The number of hydrogen-bond donors (Lipinski definition) is 2. The van der Waals surface area contributed by atoms with E-state index in [1.165, 1.54) is 16.7 Å². The van der Waals surface area contributed by atoms with Crippen molar-refractivity contribution in [2.75, 3.05) is 0 Å². The third kappa shape index (κ3) is 10.3. The second-order valence-electron chi connectivity index (χ2n) is 8.72. The van der Waals surface area contributed by atoms with E-state index in [0.29, 0.717) is 12.8 Å². The number of benzene rings is 2. The molecule has 0 radical (unpaired) electrons. The Morgan fingerprint density at radius 1 is 0.903 bits per heavy atom. The Morgan fingerprint density at radius 2 is 1.48 bits per heavy atom. The molecule has 2 aromatic rings. The Balaban J connectivity index is 0.000000316. The smallest absolute Gasteiger partial charge is 0.309 e. The minimum atomic E-state index is -0.711. The topological polar surface area (TPSA) is 74.6 Å². The maximum Gasteiger partial charge on any atom is 0.309 e. The largest absolute Gasteiger partial charge is 0.481 e. The summed E-state index contributed by atoms with van der Waals surface area (Å²) in [5.74, 6) is -1.63. The monoisotopic (exact) mass is 426 g/mol. The molecule has 2 atom stereocenters. The molecule has 0 aliphatic rings. The number of carboxylic acid groups (broad SMARTS) is 2. The van der Waals surface area contributed by atoms with Gasteiger partial charge in [-0.05, 0) is 57.1 Å². The van der Waals surface area contributed by atoms with Gasteiger partial charge in [0.1, 0.15) is 0 Å². The maximum absolute atomic E-state index is 11.3. The summed E-state index contributed by atoms with van der Waals surface area (Å²) < 4.78 is 0. The average molecular weight is 427 g/mol. The van der Waals surface area contributed by atoms with Crippen LogP contribution in [-0.2, 0) is 22.4 Å². The van der Waals surface area contributed by atoms with Crippen LogP contribution in [0, 0.1) is 18.3 Å². The third-order valence-corrected chi connectivity index (χ3v) is 5.81. The number of carboxylic acids is 2. The van der Waals surface area contributed by atoms with E-state index in [4.69, 9.17) is 5.11 Å². The fourth-order valence-corrected chi connectivity index (χ4v) is 3.23. The van der Waals surface area contributed by atoms with Gasteiger partial charge in [-0.15, -0.1) is 0 Å². The molecule has 0 spiro atoms. The number of aliphatic carboxylic acids is 2. The van der Waals surface area contributed by atoms with Crippen molar-refractivity contribution in [2.24, 2.45) is 11.3 Å². The van der Waals surface area contributed by atoms with Gasteiger partial charge in [0, 0.05) is 0 Å². The molecular weight excluding hydrogens is 388 g/mol. The zero-order valence-electron chi connectivity index (χ0n) is 19.4. The van der Waals surface area contributed by atoms with E-state index < -0.39 is 17.4 Å². The molecule has 2 rings (SSSR count). The lowest BCUT2D eigenvalue weighted by Gasteiger charge is -2.24. The standard InChI is InChI=1S/C15H22O2.C12H16O2/c1-3-4-11-15(2,14(16)17)12-10-13-8-6-5-7-9-13;1-9-3-6-11(7-4-9)8-5-10(2)12(13)14/h5-9H,3-4,10-12H2,1-2H3,(H,16,17);3-4,6-7,10H,5,8H2,1-2H3,(H,13,14). The number of aryl methyl sites for hydroxylation is 3. The summed E-state index contributed by atoms with van der Waals surface area (Å²) in [4.78, 5) is 21.9. The molecular formula is C27H38O4. The molecule has 2 unspecified atom stereocenters. The van der Waals surface area contributed by atoms with E-state index in [9.17, 15) is 14.7 Å². The lowest BCUT2D eigenvalue weighted by molar-refractivity contribution is -0.149. The third-order valence-electron chi connectivity index (χ3n) is 5.81. The minimum absolute atomic E-state index is 0.253. The van der Waals surface area contributed by atoms with Crippen LogP contribution in [0.2, 0.25) is 0 Å². The fourth-order valence-electron chi connectivity index (χ4n) is 3.23. The maximum atomic E-state index is 11.3. The van der Waals surface area contributed by atoms with E-state index in [2.05, 4.69) is 43.3 Å². The Kier molecular flexibility index (Phi) is 11.6. The SMILES string of the molecule is CCCCC(C)(CCc1ccccc1)C(=O)O.Cc1ccc(CCC(C)C(=O)O)cc1. The molecule has 4 nitrogen and oxygen atoms in total. The molecule has 0 aromatic heterocycles. The molecule has 0 heterocycles. The predicted molar refractivity (Wildman–Crippen MR) is 126 cm³/mol. The molecule has 2 N–H and O–H groups in total.